The first kappa shape index (κ1) is 21.1. The van der Waals surface area contributed by atoms with E-state index in [2.05, 4.69) is 18.2 Å². The number of anilines is 2. The third-order valence-corrected chi connectivity index (χ3v) is 5.95. The molecular weight excluding hydrogens is 380 g/mol. The van der Waals surface area contributed by atoms with E-state index in [9.17, 15) is 8.42 Å². The SMILES string of the molecule is C=CC=Cc1c(Cl)ccc(NS(=O)(=O)c2ccc(C)cc2N)c1CCCC. The van der Waals surface area contributed by atoms with E-state index in [1.807, 2.05) is 13.0 Å². The van der Waals surface area contributed by atoms with Crippen LogP contribution < -0.4 is 10.5 Å². The lowest BCUT2D eigenvalue weighted by molar-refractivity contribution is 0.601. The highest BCUT2D eigenvalue weighted by Crippen LogP contribution is 2.32. The zero-order chi connectivity index (χ0) is 20.0. The van der Waals surface area contributed by atoms with Crippen LogP contribution in [0, 0.1) is 6.92 Å². The standard InChI is InChI=1S/C21H25ClN2O2S/c1-4-6-8-16-17(9-7-5-2)20(12-11-18(16)22)24-27(25,26)21-13-10-15(3)14-19(21)23/h4,6,8,10-14,24H,1,5,7,9,23H2,2-3H3. The van der Waals surface area contributed by atoms with Gasteiger partial charge in [-0.05, 0) is 60.7 Å². The molecule has 0 unspecified atom stereocenters. The molecule has 0 spiro atoms. The number of nitrogen functional groups attached to an aromatic ring is 1. The molecule has 0 aromatic heterocycles. The molecule has 144 valence electrons. The summed E-state index contributed by atoms with van der Waals surface area (Å²) in [6.07, 6.45) is 7.88. The molecule has 4 nitrogen and oxygen atoms in total. The van der Waals surface area contributed by atoms with Crippen molar-refractivity contribution >= 4 is 39.1 Å². The number of hydrogen-bond acceptors (Lipinski definition) is 3. The molecule has 0 saturated carbocycles. The molecule has 0 radical (unpaired) electrons. The van der Waals surface area contributed by atoms with Gasteiger partial charge in [-0.1, -0.05) is 55.8 Å². The lowest BCUT2D eigenvalue weighted by Crippen LogP contribution is -2.16. The molecule has 2 aromatic rings. The van der Waals surface area contributed by atoms with Crippen LogP contribution in [-0.4, -0.2) is 8.42 Å². The van der Waals surface area contributed by atoms with Crippen molar-refractivity contribution in [3.63, 3.8) is 0 Å². The number of aryl methyl sites for hydroxylation is 1. The van der Waals surface area contributed by atoms with Crippen molar-refractivity contribution in [3.8, 4) is 0 Å². The summed E-state index contributed by atoms with van der Waals surface area (Å²) < 4.78 is 28.5. The van der Waals surface area contributed by atoms with Gasteiger partial charge in [0, 0.05) is 5.02 Å². The minimum absolute atomic E-state index is 0.0627. The summed E-state index contributed by atoms with van der Waals surface area (Å²) in [6.45, 7) is 7.63. The van der Waals surface area contributed by atoms with Crippen LogP contribution in [0.25, 0.3) is 6.08 Å². The monoisotopic (exact) mass is 404 g/mol. The molecular formula is C21H25ClN2O2S. The van der Waals surface area contributed by atoms with Crippen LogP contribution in [0.4, 0.5) is 11.4 Å². The van der Waals surface area contributed by atoms with E-state index in [0.29, 0.717) is 17.1 Å². The van der Waals surface area contributed by atoms with Crippen molar-refractivity contribution in [3.05, 3.63) is 70.8 Å². The molecule has 6 heteroatoms. The Morgan fingerprint density at radius 1 is 1.26 bits per heavy atom. The first-order valence-corrected chi connectivity index (χ1v) is 10.7. The van der Waals surface area contributed by atoms with Crippen molar-refractivity contribution in [2.24, 2.45) is 0 Å². The molecule has 0 aliphatic carbocycles. The van der Waals surface area contributed by atoms with Crippen LogP contribution in [-0.2, 0) is 16.4 Å². The van der Waals surface area contributed by atoms with Gasteiger partial charge in [-0.2, -0.15) is 0 Å². The lowest BCUT2D eigenvalue weighted by Gasteiger charge is -2.17. The molecule has 27 heavy (non-hydrogen) atoms. The summed E-state index contributed by atoms with van der Waals surface area (Å²) in [5.41, 5.74) is 9.22. The summed E-state index contributed by atoms with van der Waals surface area (Å²) >= 11 is 6.36. The van der Waals surface area contributed by atoms with Gasteiger partial charge in [-0.25, -0.2) is 8.42 Å². The van der Waals surface area contributed by atoms with E-state index < -0.39 is 10.0 Å². The van der Waals surface area contributed by atoms with Crippen LogP contribution in [0.1, 0.15) is 36.5 Å². The Morgan fingerprint density at radius 3 is 2.63 bits per heavy atom. The first-order chi connectivity index (χ1) is 12.8. The van der Waals surface area contributed by atoms with Crippen LogP contribution in [0.2, 0.25) is 5.02 Å². The van der Waals surface area contributed by atoms with Crippen LogP contribution in [0.15, 0.2) is 54.0 Å². The highest BCUT2D eigenvalue weighted by molar-refractivity contribution is 7.92. The summed E-state index contributed by atoms with van der Waals surface area (Å²) in [6, 6.07) is 8.28. The summed E-state index contributed by atoms with van der Waals surface area (Å²) in [5.74, 6) is 0. The second-order valence-electron chi connectivity index (χ2n) is 6.33. The summed E-state index contributed by atoms with van der Waals surface area (Å²) in [7, 11) is -3.82. The van der Waals surface area contributed by atoms with Gasteiger partial charge in [0.2, 0.25) is 0 Å². The number of hydrogen-bond donors (Lipinski definition) is 2. The second kappa shape index (κ2) is 9.11. The average Bonchev–Trinajstić information content (AvgIpc) is 2.60. The molecule has 0 amide bonds. The van der Waals surface area contributed by atoms with Crippen molar-refractivity contribution in [2.45, 2.75) is 38.0 Å². The maximum absolute atomic E-state index is 12.9. The number of nitrogens with two attached hydrogens (primary N) is 1. The second-order valence-corrected chi connectivity index (χ2v) is 8.39. The zero-order valence-electron chi connectivity index (χ0n) is 15.6. The number of nitrogens with one attached hydrogen (secondary N) is 1. The molecule has 0 atom stereocenters. The molecule has 0 heterocycles. The van der Waals surface area contributed by atoms with Gasteiger partial charge in [-0.3, -0.25) is 4.72 Å². The van der Waals surface area contributed by atoms with Crippen molar-refractivity contribution < 1.29 is 8.42 Å². The molecule has 0 bridgehead atoms. The number of allylic oxidation sites excluding steroid dienone is 2. The first-order valence-electron chi connectivity index (χ1n) is 8.79. The largest absolute Gasteiger partial charge is 0.398 e. The normalized spacial score (nSPS) is 11.7. The van der Waals surface area contributed by atoms with Gasteiger partial charge in [0.15, 0.2) is 0 Å². The van der Waals surface area contributed by atoms with Gasteiger partial charge in [0.25, 0.3) is 10.0 Å². The van der Waals surface area contributed by atoms with Crippen molar-refractivity contribution in [2.75, 3.05) is 10.5 Å². The molecule has 2 aromatic carbocycles. The molecule has 0 aliphatic heterocycles. The van der Waals surface area contributed by atoms with Gasteiger partial charge >= 0.3 is 0 Å². The van der Waals surface area contributed by atoms with Crippen molar-refractivity contribution in [1.29, 1.82) is 0 Å². The Hall–Kier alpha value is -2.24. The van der Waals surface area contributed by atoms with E-state index in [-0.39, 0.29) is 10.6 Å². The minimum Gasteiger partial charge on any atom is -0.398 e. The Morgan fingerprint density at radius 2 is 2.00 bits per heavy atom. The number of benzene rings is 2. The smallest absolute Gasteiger partial charge is 0.263 e. The number of rotatable bonds is 8. The predicted molar refractivity (Wildman–Crippen MR) is 116 cm³/mol. The third-order valence-electron chi connectivity index (χ3n) is 4.18. The van der Waals surface area contributed by atoms with Crippen LogP contribution >= 0.6 is 11.6 Å². The maximum Gasteiger partial charge on any atom is 0.263 e. The van der Waals surface area contributed by atoms with Gasteiger partial charge < -0.3 is 5.73 Å². The maximum atomic E-state index is 12.9. The Bertz CT molecular complexity index is 966. The number of halogens is 1. The third kappa shape index (κ3) is 5.15. The van der Waals surface area contributed by atoms with Crippen molar-refractivity contribution in [1.82, 2.24) is 0 Å². The molecule has 2 rings (SSSR count). The summed E-state index contributed by atoms with van der Waals surface area (Å²) in [4.78, 5) is 0.0627. The highest BCUT2D eigenvalue weighted by Gasteiger charge is 2.20. The summed E-state index contributed by atoms with van der Waals surface area (Å²) in [5, 5.41) is 0.567. The van der Waals surface area contributed by atoms with E-state index in [1.165, 1.54) is 6.07 Å². The van der Waals surface area contributed by atoms with E-state index in [1.54, 1.807) is 36.4 Å². The number of sulfonamides is 1. The fraction of sp³-hybridized carbons (Fsp3) is 0.238. The molecule has 3 N–H and O–H groups in total. The van der Waals surface area contributed by atoms with Gasteiger partial charge in [0.1, 0.15) is 4.90 Å². The predicted octanol–water partition coefficient (Wildman–Crippen LogP) is 5.57. The quantitative estimate of drug-likeness (QED) is 0.446. The van der Waals surface area contributed by atoms with E-state index >= 15 is 0 Å². The van der Waals surface area contributed by atoms with E-state index in [4.69, 9.17) is 17.3 Å². The molecule has 0 fully saturated rings. The fourth-order valence-corrected chi connectivity index (χ4v) is 4.26. The van der Waals surface area contributed by atoms with Crippen LogP contribution in [0.5, 0.6) is 0 Å². The average molecular weight is 405 g/mol. The molecule has 0 saturated heterocycles. The fourth-order valence-electron chi connectivity index (χ4n) is 2.81. The Balaban J connectivity index is 2.53. The van der Waals surface area contributed by atoms with Gasteiger partial charge in [-0.15, -0.1) is 0 Å². The minimum atomic E-state index is -3.82. The van der Waals surface area contributed by atoms with Gasteiger partial charge in [0.05, 0.1) is 11.4 Å². The zero-order valence-corrected chi connectivity index (χ0v) is 17.2. The molecule has 0 aliphatic rings. The topological polar surface area (TPSA) is 72.2 Å². The lowest BCUT2D eigenvalue weighted by atomic mass is 9.99. The van der Waals surface area contributed by atoms with Crippen LogP contribution in [0.3, 0.4) is 0 Å². The van der Waals surface area contributed by atoms with E-state index in [0.717, 1.165) is 29.5 Å². The number of unbranched alkanes of at least 4 members (excludes halogenated alkanes) is 1. The Kier molecular flexibility index (Phi) is 7.11. The Labute approximate surface area is 166 Å². The highest BCUT2D eigenvalue weighted by atomic mass is 35.5.